The summed E-state index contributed by atoms with van der Waals surface area (Å²) < 4.78 is 10.4. The molecule has 5 heteroatoms. The fraction of sp³-hybridized carbons (Fsp3) is 0.793. The van der Waals surface area contributed by atoms with Gasteiger partial charge in [-0.05, 0) is 26.2 Å². The van der Waals surface area contributed by atoms with E-state index in [0.717, 1.165) is 31.2 Å². The smallest absolute Gasteiger partial charge is 0.207 e. The number of aliphatic hydroxyl groups excluding tert-OH is 1. The van der Waals surface area contributed by atoms with Crippen molar-refractivity contribution in [3.63, 3.8) is 0 Å². The second-order valence-corrected chi connectivity index (χ2v) is 9.70. The normalized spacial score (nSPS) is 11.2. The number of aromatic hydroxyl groups is 2. The Balaban J connectivity index is 1.99. The van der Waals surface area contributed by atoms with Gasteiger partial charge in [-0.1, -0.05) is 103 Å². The van der Waals surface area contributed by atoms with E-state index in [2.05, 4.69) is 0 Å². The third-order valence-corrected chi connectivity index (χ3v) is 6.97. The lowest BCUT2D eigenvalue weighted by Crippen LogP contribution is -1.99. The van der Waals surface area contributed by atoms with Gasteiger partial charge in [0.2, 0.25) is 11.5 Å². The van der Waals surface area contributed by atoms with Crippen molar-refractivity contribution >= 4 is 0 Å². The zero-order chi connectivity index (χ0) is 25.0. The molecule has 0 spiro atoms. The molecule has 1 aromatic rings. The molecule has 5 nitrogen and oxygen atoms in total. The SMILES string of the molecule is COc1c(O)c(C)c(CCCCCCCCCCCCCCCCCCCCO)c(O)c1OC. The van der Waals surface area contributed by atoms with Gasteiger partial charge in [0.25, 0.3) is 0 Å². The second-order valence-electron chi connectivity index (χ2n) is 9.70. The van der Waals surface area contributed by atoms with Gasteiger partial charge in [-0.15, -0.1) is 0 Å². The molecule has 0 saturated carbocycles. The van der Waals surface area contributed by atoms with E-state index in [1.807, 2.05) is 6.92 Å². The van der Waals surface area contributed by atoms with E-state index in [1.165, 1.54) is 111 Å². The van der Waals surface area contributed by atoms with Crippen LogP contribution in [0, 0.1) is 6.92 Å². The Kier molecular flexibility index (Phi) is 17.6. The molecule has 3 N–H and O–H groups in total. The molecule has 0 bridgehead atoms. The van der Waals surface area contributed by atoms with Crippen LogP contribution >= 0.6 is 0 Å². The molecule has 0 heterocycles. The van der Waals surface area contributed by atoms with E-state index in [1.54, 1.807) is 0 Å². The van der Waals surface area contributed by atoms with Gasteiger partial charge in [0, 0.05) is 17.7 Å². The van der Waals surface area contributed by atoms with Crippen LogP contribution in [0.4, 0.5) is 0 Å². The molecule has 0 amide bonds. The molecule has 0 atom stereocenters. The first-order valence-corrected chi connectivity index (χ1v) is 13.8. The van der Waals surface area contributed by atoms with Crippen molar-refractivity contribution in [1.82, 2.24) is 0 Å². The number of aliphatic hydroxyl groups is 1. The number of hydrogen-bond donors (Lipinski definition) is 3. The lowest BCUT2D eigenvalue weighted by Gasteiger charge is -2.17. The van der Waals surface area contributed by atoms with Crippen molar-refractivity contribution in [3.05, 3.63) is 11.1 Å². The van der Waals surface area contributed by atoms with Crippen LogP contribution in [0.25, 0.3) is 0 Å². The molecule has 0 aromatic heterocycles. The van der Waals surface area contributed by atoms with Gasteiger partial charge in [0.15, 0.2) is 11.5 Å². The summed E-state index contributed by atoms with van der Waals surface area (Å²) >= 11 is 0. The molecular formula is C29H52O5. The minimum absolute atomic E-state index is 0.0532. The van der Waals surface area contributed by atoms with Crippen molar-refractivity contribution in [2.24, 2.45) is 0 Å². The third kappa shape index (κ3) is 11.7. The van der Waals surface area contributed by atoms with Gasteiger partial charge in [0.05, 0.1) is 14.2 Å². The van der Waals surface area contributed by atoms with Crippen LogP contribution in [-0.2, 0) is 6.42 Å². The molecule has 0 saturated heterocycles. The van der Waals surface area contributed by atoms with Gasteiger partial charge >= 0.3 is 0 Å². The largest absolute Gasteiger partial charge is 0.504 e. The number of phenolic OH excluding ortho intramolecular Hbond substituents is 2. The van der Waals surface area contributed by atoms with Crippen LogP contribution in [0.2, 0.25) is 0 Å². The monoisotopic (exact) mass is 480 g/mol. The predicted octanol–water partition coefficient (Wildman–Crippen LogP) is 7.98. The zero-order valence-electron chi connectivity index (χ0n) is 22.3. The number of rotatable bonds is 22. The number of benzene rings is 1. The number of ether oxygens (including phenoxy) is 2. The maximum Gasteiger partial charge on any atom is 0.207 e. The number of phenols is 2. The van der Waals surface area contributed by atoms with Crippen LogP contribution < -0.4 is 9.47 Å². The summed E-state index contributed by atoms with van der Waals surface area (Å²) in [7, 11) is 2.93. The molecule has 0 aliphatic heterocycles. The molecule has 0 fully saturated rings. The summed E-state index contributed by atoms with van der Waals surface area (Å²) in [4.78, 5) is 0. The third-order valence-electron chi connectivity index (χ3n) is 6.97. The fourth-order valence-electron chi connectivity index (χ4n) is 4.77. The van der Waals surface area contributed by atoms with Crippen LogP contribution in [0.3, 0.4) is 0 Å². The van der Waals surface area contributed by atoms with Crippen molar-refractivity contribution in [2.75, 3.05) is 20.8 Å². The first-order valence-electron chi connectivity index (χ1n) is 13.8. The standard InChI is InChI=1S/C29H52O5/c1-24-25(27(32)29(34-3)28(33-2)26(24)31)22-20-18-16-14-12-10-8-6-4-5-7-9-11-13-15-17-19-21-23-30/h30-32H,4-23H2,1-3H3. The van der Waals surface area contributed by atoms with E-state index in [9.17, 15) is 10.2 Å². The Morgan fingerprint density at radius 1 is 0.500 bits per heavy atom. The van der Waals surface area contributed by atoms with E-state index in [0.29, 0.717) is 12.2 Å². The van der Waals surface area contributed by atoms with E-state index in [-0.39, 0.29) is 23.0 Å². The van der Waals surface area contributed by atoms with Crippen molar-refractivity contribution < 1.29 is 24.8 Å². The molecule has 0 aliphatic carbocycles. The highest BCUT2D eigenvalue weighted by Crippen LogP contribution is 2.48. The predicted molar refractivity (Wildman–Crippen MR) is 142 cm³/mol. The molecule has 1 aromatic carbocycles. The fourth-order valence-corrected chi connectivity index (χ4v) is 4.77. The minimum atomic E-state index is 0.0532. The van der Waals surface area contributed by atoms with E-state index < -0.39 is 0 Å². The first-order chi connectivity index (χ1) is 16.6. The van der Waals surface area contributed by atoms with Gasteiger partial charge in [-0.2, -0.15) is 0 Å². The topological polar surface area (TPSA) is 79.2 Å². The Morgan fingerprint density at radius 3 is 1.18 bits per heavy atom. The highest BCUT2D eigenvalue weighted by Gasteiger charge is 2.22. The summed E-state index contributed by atoms with van der Waals surface area (Å²) in [6, 6.07) is 0. The molecular weight excluding hydrogens is 428 g/mol. The molecule has 34 heavy (non-hydrogen) atoms. The number of hydrogen-bond acceptors (Lipinski definition) is 5. The highest BCUT2D eigenvalue weighted by molar-refractivity contribution is 5.65. The second kappa shape index (κ2) is 19.7. The molecule has 0 aliphatic rings. The van der Waals surface area contributed by atoms with Crippen LogP contribution in [0.15, 0.2) is 0 Å². The maximum absolute atomic E-state index is 10.5. The Hall–Kier alpha value is -1.62. The van der Waals surface area contributed by atoms with Crippen LogP contribution in [0.5, 0.6) is 23.0 Å². The van der Waals surface area contributed by atoms with Crippen molar-refractivity contribution in [2.45, 2.75) is 129 Å². The first kappa shape index (κ1) is 30.4. The number of methoxy groups -OCH3 is 2. The molecule has 1 rings (SSSR count). The lowest BCUT2D eigenvalue weighted by molar-refractivity contribution is 0.282. The lowest BCUT2D eigenvalue weighted by atomic mass is 9.98. The van der Waals surface area contributed by atoms with E-state index in [4.69, 9.17) is 14.6 Å². The molecule has 0 radical (unpaired) electrons. The van der Waals surface area contributed by atoms with Gasteiger partial charge in [-0.25, -0.2) is 0 Å². The molecule has 0 unspecified atom stereocenters. The Bertz CT molecular complexity index is 644. The van der Waals surface area contributed by atoms with Gasteiger partial charge < -0.3 is 24.8 Å². The summed E-state index contributed by atoms with van der Waals surface area (Å²) in [6.07, 6.45) is 23.8. The van der Waals surface area contributed by atoms with Crippen LogP contribution in [-0.4, -0.2) is 36.1 Å². The summed E-state index contributed by atoms with van der Waals surface area (Å²) in [5.74, 6) is 0.551. The molecule has 198 valence electrons. The van der Waals surface area contributed by atoms with Gasteiger partial charge in [-0.3, -0.25) is 0 Å². The summed E-state index contributed by atoms with van der Waals surface area (Å²) in [6.45, 7) is 2.16. The summed E-state index contributed by atoms with van der Waals surface area (Å²) in [5, 5.41) is 29.7. The average molecular weight is 481 g/mol. The Morgan fingerprint density at radius 2 is 0.824 bits per heavy atom. The number of unbranched alkanes of at least 4 members (excludes halogenated alkanes) is 17. The Labute approximate surface area is 208 Å². The van der Waals surface area contributed by atoms with Crippen LogP contribution in [0.1, 0.15) is 127 Å². The van der Waals surface area contributed by atoms with Crippen molar-refractivity contribution in [1.29, 1.82) is 0 Å². The highest BCUT2D eigenvalue weighted by atomic mass is 16.5. The van der Waals surface area contributed by atoms with Gasteiger partial charge in [0.1, 0.15) is 0 Å². The maximum atomic E-state index is 10.5. The quantitative estimate of drug-likeness (QED) is 0.116. The average Bonchev–Trinajstić information content (AvgIpc) is 2.84. The van der Waals surface area contributed by atoms with Crippen molar-refractivity contribution in [3.8, 4) is 23.0 Å². The summed E-state index contributed by atoms with van der Waals surface area (Å²) in [5.41, 5.74) is 1.43. The van der Waals surface area contributed by atoms with E-state index >= 15 is 0 Å². The minimum Gasteiger partial charge on any atom is -0.504 e. The zero-order valence-corrected chi connectivity index (χ0v) is 22.3.